The molecule has 0 spiro atoms. The molecule has 1 aromatic rings. The Bertz CT molecular complexity index is 425. The number of halogens is 1. The highest BCUT2D eigenvalue weighted by Crippen LogP contribution is 2.36. The van der Waals surface area contributed by atoms with Gasteiger partial charge in [0.15, 0.2) is 6.23 Å². The van der Waals surface area contributed by atoms with Gasteiger partial charge in [0.25, 0.3) is 0 Å². The van der Waals surface area contributed by atoms with Crippen molar-refractivity contribution in [2.75, 3.05) is 6.61 Å². The molecular formula is C8H10IN3O5. The number of rotatable bonds is 3. The molecule has 0 unspecified atom stereocenters. The Morgan fingerprint density at radius 2 is 2.41 bits per heavy atom. The van der Waals surface area contributed by atoms with Crippen LogP contribution in [0.15, 0.2) is 12.4 Å². The Kier molecular flexibility index (Phi) is 3.61. The standard InChI is InChI=1S/C8H10IN3O5/c9-5-6(14)4(3-13)17-7(5)11-2-1-10-8(11)12(15)16/h1-2,4-7,13-14H,3H2/t4-,5+,6-,7-/m1/s1. The van der Waals surface area contributed by atoms with E-state index >= 15 is 0 Å². The van der Waals surface area contributed by atoms with Crippen LogP contribution in [0.25, 0.3) is 0 Å². The number of aliphatic hydroxyl groups excluding tert-OH is 2. The molecule has 0 aromatic carbocycles. The average Bonchev–Trinajstić information content (AvgIpc) is 2.86. The van der Waals surface area contributed by atoms with Gasteiger partial charge in [0.1, 0.15) is 24.6 Å². The summed E-state index contributed by atoms with van der Waals surface area (Å²) in [5, 5.41) is 29.5. The molecule has 0 amide bonds. The van der Waals surface area contributed by atoms with Crippen LogP contribution < -0.4 is 0 Å². The van der Waals surface area contributed by atoms with E-state index in [1.54, 1.807) is 0 Å². The molecule has 0 bridgehead atoms. The van der Waals surface area contributed by atoms with Gasteiger partial charge in [0.05, 0.1) is 10.5 Å². The first kappa shape index (κ1) is 12.7. The zero-order chi connectivity index (χ0) is 12.6. The maximum atomic E-state index is 10.7. The molecule has 1 saturated heterocycles. The lowest BCUT2D eigenvalue weighted by Gasteiger charge is -2.12. The number of aliphatic hydroxyl groups is 2. The maximum absolute atomic E-state index is 10.7. The molecule has 2 rings (SSSR count). The van der Waals surface area contributed by atoms with E-state index in [2.05, 4.69) is 4.98 Å². The van der Waals surface area contributed by atoms with Crippen LogP contribution in [0.4, 0.5) is 5.95 Å². The third-order valence-electron chi connectivity index (χ3n) is 2.56. The highest BCUT2D eigenvalue weighted by molar-refractivity contribution is 14.1. The van der Waals surface area contributed by atoms with Gasteiger partial charge in [0, 0.05) is 0 Å². The molecular weight excluding hydrogens is 345 g/mol. The summed E-state index contributed by atoms with van der Waals surface area (Å²) >= 11 is 1.94. The van der Waals surface area contributed by atoms with E-state index in [-0.39, 0.29) is 12.6 Å². The van der Waals surface area contributed by atoms with E-state index in [1.165, 1.54) is 17.0 Å². The second-order valence-corrected chi connectivity index (χ2v) is 5.01. The monoisotopic (exact) mass is 355 g/mol. The molecule has 17 heavy (non-hydrogen) atoms. The highest BCUT2D eigenvalue weighted by Gasteiger charge is 2.46. The van der Waals surface area contributed by atoms with Gasteiger partial charge >= 0.3 is 5.95 Å². The fraction of sp³-hybridized carbons (Fsp3) is 0.625. The van der Waals surface area contributed by atoms with Crippen LogP contribution >= 0.6 is 22.6 Å². The number of imidazole rings is 1. The van der Waals surface area contributed by atoms with Crippen molar-refractivity contribution in [3.8, 4) is 0 Å². The molecule has 0 saturated carbocycles. The lowest BCUT2D eigenvalue weighted by molar-refractivity contribution is -0.398. The average molecular weight is 355 g/mol. The van der Waals surface area contributed by atoms with Crippen molar-refractivity contribution in [3.63, 3.8) is 0 Å². The van der Waals surface area contributed by atoms with Crippen LogP contribution in [-0.4, -0.2) is 47.4 Å². The number of hydrogen-bond donors (Lipinski definition) is 2. The largest absolute Gasteiger partial charge is 0.436 e. The predicted molar refractivity (Wildman–Crippen MR) is 63.7 cm³/mol. The number of nitrogens with zero attached hydrogens (tertiary/aromatic N) is 3. The minimum Gasteiger partial charge on any atom is -0.394 e. The van der Waals surface area contributed by atoms with E-state index in [4.69, 9.17) is 9.84 Å². The molecule has 1 aliphatic rings. The van der Waals surface area contributed by atoms with Gasteiger partial charge < -0.3 is 25.1 Å². The van der Waals surface area contributed by atoms with E-state index in [1.807, 2.05) is 22.6 Å². The molecule has 1 aliphatic heterocycles. The number of alkyl halides is 1. The Morgan fingerprint density at radius 1 is 1.71 bits per heavy atom. The first-order valence-corrected chi connectivity index (χ1v) is 6.06. The summed E-state index contributed by atoms with van der Waals surface area (Å²) in [6.07, 6.45) is 0.409. The number of nitro groups is 1. The minimum atomic E-state index is -0.868. The van der Waals surface area contributed by atoms with Crippen molar-refractivity contribution in [2.45, 2.75) is 22.4 Å². The van der Waals surface area contributed by atoms with Gasteiger partial charge in [-0.25, -0.2) is 4.57 Å². The van der Waals surface area contributed by atoms with Crippen molar-refractivity contribution in [1.29, 1.82) is 0 Å². The molecule has 8 nitrogen and oxygen atoms in total. The summed E-state index contributed by atoms with van der Waals surface area (Å²) in [6, 6.07) is 0. The van der Waals surface area contributed by atoms with Gasteiger partial charge in [-0.15, -0.1) is 0 Å². The second-order valence-electron chi connectivity index (χ2n) is 3.57. The molecule has 4 atom stereocenters. The van der Waals surface area contributed by atoms with Gasteiger partial charge in [-0.3, -0.25) is 0 Å². The Labute approximate surface area is 110 Å². The zero-order valence-electron chi connectivity index (χ0n) is 8.51. The number of hydrogen-bond acceptors (Lipinski definition) is 6. The van der Waals surface area contributed by atoms with E-state index in [0.717, 1.165) is 0 Å². The highest BCUT2D eigenvalue weighted by atomic mass is 127. The molecule has 1 aromatic heterocycles. The van der Waals surface area contributed by atoms with Crippen molar-refractivity contribution in [1.82, 2.24) is 9.55 Å². The Morgan fingerprint density at radius 3 is 2.94 bits per heavy atom. The van der Waals surface area contributed by atoms with Crippen molar-refractivity contribution >= 4 is 28.5 Å². The second kappa shape index (κ2) is 4.84. The van der Waals surface area contributed by atoms with Crippen molar-refractivity contribution < 1.29 is 19.9 Å². The summed E-state index contributed by atoms with van der Waals surface area (Å²) in [7, 11) is 0. The quantitative estimate of drug-likeness (QED) is 0.338. The van der Waals surface area contributed by atoms with Crippen LogP contribution in [0, 0.1) is 10.1 Å². The van der Waals surface area contributed by atoms with E-state index < -0.39 is 27.3 Å². The fourth-order valence-electron chi connectivity index (χ4n) is 1.72. The lowest BCUT2D eigenvalue weighted by atomic mass is 10.2. The van der Waals surface area contributed by atoms with Crippen molar-refractivity contribution in [2.24, 2.45) is 0 Å². The molecule has 9 heteroatoms. The molecule has 0 aliphatic carbocycles. The normalized spacial score (nSPS) is 32.9. The number of ether oxygens (including phenoxy) is 1. The lowest BCUT2D eigenvalue weighted by Crippen LogP contribution is -2.29. The van der Waals surface area contributed by atoms with E-state index in [0.29, 0.717) is 0 Å². The summed E-state index contributed by atoms with van der Waals surface area (Å²) in [6.45, 7) is -0.334. The maximum Gasteiger partial charge on any atom is 0.436 e. The summed E-state index contributed by atoms with van der Waals surface area (Å²) in [5.74, 6) is -0.345. The predicted octanol–water partition coefficient (Wildman–Crippen LogP) is -0.155. The van der Waals surface area contributed by atoms with Gasteiger partial charge in [-0.1, -0.05) is 27.6 Å². The van der Waals surface area contributed by atoms with Gasteiger partial charge in [0.2, 0.25) is 0 Å². The third kappa shape index (κ3) is 2.14. The third-order valence-corrected chi connectivity index (χ3v) is 3.91. The number of aromatic nitrogens is 2. The molecule has 94 valence electrons. The van der Waals surface area contributed by atoms with Crippen LogP contribution in [0.5, 0.6) is 0 Å². The van der Waals surface area contributed by atoms with Gasteiger partial charge in [-0.2, -0.15) is 0 Å². The van der Waals surface area contributed by atoms with E-state index in [9.17, 15) is 15.2 Å². The Hall–Kier alpha value is -0.780. The Balaban J connectivity index is 2.29. The van der Waals surface area contributed by atoms with Crippen LogP contribution in [0.2, 0.25) is 0 Å². The van der Waals surface area contributed by atoms with Gasteiger partial charge in [-0.05, 0) is 4.92 Å². The molecule has 2 heterocycles. The molecule has 0 radical (unpaired) electrons. The van der Waals surface area contributed by atoms with Crippen LogP contribution in [0.1, 0.15) is 6.23 Å². The van der Waals surface area contributed by atoms with Crippen molar-refractivity contribution in [3.05, 3.63) is 22.5 Å². The zero-order valence-corrected chi connectivity index (χ0v) is 10.7. The topological polar surface area (TPSA) is 111 Å². The molecule has 1 fully saturated rings. The summed E-state index contributed by atoms with van der Waals surface area (Å²) in [5.41, 5.74) is 0. The summed E-state index contributed by atoms with van der Waals surface area (Å²) < 4.78 is 6.24. The van der Waals surface area contributed by atoms with Crippen LogP contribution in [0.3, 0.4) is 0 Å². The first-order chi connectivity index (χ1) is 8.06. The SMILES string of the molecule is O=[N+]([O-])c1nccn1[C@@H]1O[C@H](CO)[C@@H](O)[C@@H]1I. The fourth-order valence-corrected chi connectivity index (χ4v) is 2.70. The molecule has 2 N–H and O–H groups in total. The smallest absolute Gasteiger partial charge is 0.394 e. The van der Waals surface area contributed by atoms with Crippen LogP contribution in [-0.2, 0) is 4.74 Å². The minimum absolute atomic E-state index is 0.334. The summed E-state index contributed by atoms with van der Waals surface area (Å²) in [4.78, 5) is 13.7. The first-order valence-electron chi connectivity index (χ1n) is 4.82.